The first-order chi connectivity index (χ1) is 12.5. The molecule has 3 N–H and O–H groups in total. The number of halogens is 2. The lowest BCUT2D eigenvalue weighted by Crippen LogP contribution is -2.33. The second-order valence-corrected chi connectivity index (χ2v) is 5.96. The average Bonchev–Trinajstić information content (AvgIpc) is 2.98. The number of ether oxygens (including phenoxy) is 1. The summed E-state index contributed by atoms with van der Waals surface area (Å²) in [5, 5.41) is 16.4. The zero-order valence-corrected chi connectivity index (χ0v) is 15.0. The topological polar surface area (TPSA) is 86.3 Å². The Kier molecular flexibility index (Phi) is 5.26. The number of hydrogen-bond acceptors (Lipinski definition) is 6. The van der Waals surface area contributed by atoms with Crippen LogP contribution in [0.2, 0.25) is 0 Å². The summed E-state index contributed by atoms with van der Waals surface area (Å²) in [5.41, 5.74) is 0.938. The van der Waals surface area contributed by atoms with Gasteiger partial charge in [0.2, 0.25) is 0 Å². The number of nitrogens with zero attached hydrogens (tertiary/aromatic N) is 2. The zero-order valence-electron chi connectivity index (χ0n) is 13.4. The predicted molar refractivity (Wildman–Crippen MR) is 94.5 cm³/mol. The molecule has 0 unspecified atom stereocenters. The Hall–Kier alpha value is -2.82. The van der Waals surface area contributed by atoms with Crippen LogP contribution < -0.4 is 20.4 Å². The van der Waals surface area contributed by atoms with E-state index in [0.29, 0.717) is 22.4 Å². The number of nitrogens with one attached hydrogen (secondary N) is 2. The van der Waals surface area contributed by atoms with Gasteiger partial charge in [-0.3, -0.25) is 10.5 Å². The molecule has 2 amide bonds. The van der Waals surface area contributed by atoms with Crippen molar-refractivity contribution in [1.29, 1.82) is 0 Å². The molecule has 3 rings (SSSR count). The maximum atomic E-state index is 13.3. The Labute approximate surface area is 156 Å². The SMILES string of the molecule is COc1cccc(NC(=O)NC2=CN(c3ccc(F)c(Br)c3)ON2O)c1. The third kappa shape index (κ3) is 4.04. The molecule has 0 saturated heterocycles. The van der Waals surface area contributed by atoms with Crippen molar-refractivity contribution in [3.8, 4) is 5.75 Å². The molecule has 1 aliphatic rings. The fraction of sp³-hybridized carbons (Fsp3) is 0.0625. The molecule has 0 atom stereocenters. The Morgan fingerprint density at radius 1 is 1.27 bits per heavy atom. The second kappa shape index (κ2) is 7.60. The fourth-order valence-electron chi connectivity index (χ4n) is 2.11. The van der Waals surface area contributed by atoms with Gasteiger partial charge in [-0.05, 0) is 46.3 Å². The van der Waals surface area contributed by atoms with E-state index in [1.54, 1.807) is 24.3 Å². The normalized spacial score (nSPS) is 13.5. The first-order valence-corrected chi connectivity index (χ1v) is 8.11. The molecule has 0 bridgehead atoms. The van der Waals surface area contributed by atoms with Gasteiger partial charge in [-0.2, -0.15) is 5.06 Å². The molecule has 136 valence electrons. The van der Waals surface area contributed by atoms with Gasteiger partial charge in [-0.15, -0.1) is 4.94 Å². The zero-order chi connectivity index (χ0) is 18.7. The first-order valence-electron chi connectivity index (χ1n) is 7.31. The number of hydroxylamine groups is 3. The molecule has 0 saturated carbocycles. The number of methoxy groups -OCH3 is 1. The molecular weight excluding hydrogens is 411 g/mol. The number of amides is 2. The Balaban J connectivity index is 1.68. The number of urea groups is 1. The number of carbonyl (C=O) groups excluding carboxylic acids is 1. The average molecular weight is 425 g/mol. The van der Waals surface area contributed by atoms with Gasteiger partial charge in [-0.1, -0.05) is 11.3 Å². The minimum atomic E-state index is -0.603. The predicted octanol–water partition coefficient (Wildman–Crippen LogP) is 3.58. The Bertz CT molecular complexity index is 864. The van der Waals surface area contributed by atoms with Gasteiger partial charge in [0.25, 0.3) is 0 Å². The van der Waals surface area contributed by atoms with Gasteiger partial charge in [-0.25, -0.2) is 9.18 Å². The van der Waals surface area contributed by atoms with Crippen molar-refractivity contribution in [3.63, 3.8) is 0 Å². The van der Waals surface area contributed by atoms with Crippen LogP contribution >= 0.6 is 15.9 Å². The van der Waals surface area contributed by atoms with Crippen LogP contribution in [0, 0.1) is 5.82 Å². The van der Waals surface area contributed by atoms with Crippen molar-refractivity contribution in [2.24, 2.45) is 0 Å². The number of hydrogen-bond donors (Lipinski definition) is 3. The second-order valence-electron chi connectivity index (χ2n) is 5.10. The summed E-state index contributed by atoms with van der Waals surface area (Å²) in [6, 6.07) is 10.3. The lowest BCUT2D eigenvalue weighted by Gasteiger charge is -2.16. The molecule has 26 heavy (non-hydrogen) atoms. The van der Waals surface area contributed by atoms with E-state index in [1.807, 2.05) is 0 Å². The molecule has 10 heteroatoms. The lowest BCUT2D eigenvalue weighted by molar-refractivity contribution is -0.305. The van der Waals surface area contributed by atoms with Gasteiger partial charge in [0.05, 0.1) is 23.5 Å². The van der Waals surface area contributed by atoms with E-state index < -0.39 is 11.8 Å². The minimum absolute atomic E-state index is 0.0363. The van der Waals surface area contributed by atoms with Gasteiger partial charge in [0, 0.05) is 11.8 Å². The van der Waals surface area contributed by atoms with Crippen molar-refractivity contribution in [2.75, 3.05) is 17.5 Å². The van der Waals surface area contributed by atoms with Crippen LogP contribution in [0.15, 0.2) is 59.0 Å². The Morgan fingerprint density at radius 2 is 2.08 bits per heavy atom. The molecule has 0 fully saturated rings. The van der Waals surface area contributed by atoms with Crippen LogP contribution in [0.4, 0.5) is 20.6 Å². The number of benzene rings is 2. The van der Waals surface area contributed by atoms with Crippen LogP contribution in [-0.4, -0.2) is 23.6 Å². The fourth-order valence-corrected chi connectivity index (χ4v) is 2.48. The van der Waals surface area contributed by atoms with E-state index in [-0.39, 0.29) is 10.3 Å². The highest BCUT2D eigenvalue weighted by atomic mass is 79.9. The molecule has 1 heterocycles. The van der Waals surface area contributed by atoms with Crippen molar-refractivity contribution in [2.45, 2.75) is 0 Å². The summed E-state index contributed by atoms with van der Waals surface area (Å²) in [6.07, 6.45) is 1.32. The largest absolute Gasteiger partial charge is 0.497 e. The standard InChI is InChI=1S/C16H14BrFN4O4/c1-25-12-4-2-3-10(7-12)19-16(23)20-15-9-21(26-22(15)24)11-5-6-14(18)13(17)8-11/h2-9,24H,1H3,(H2,19,20,23). The van der Waals surface area contributed by atoms with Crippen molar-refractivity contribution in [1.82, 2.24) is 10.5 Å². The summed E-state index contributed by atoms with van der Waals surface area (Å²) in [6.45, 7) is 0. The maximum absolute atomic E-state index is 13.3. The highest BCUT2D eigenvalue weighted by Gasteiger charge is 2.25. The lowest BCUT2D eigenvalue weighted by atomic mass is 10.3. The smallest absolute Gasteiger partial charge is 0.324 e. The van der Waals surface area contributed by atoms with Crippen LogP contribution in [-0.2, 0) is 4.94 Å². The molecule has 8 nitrogen and oxygen atoms in total. The van der Waals surface area contributed by atoms with Gasteiger partial charge < -0.3 is 10.1 Å². The highest BCUT2D eigenvalue weighted by Crippen LogP contribution is 2.27. The van der Waals surface area contributed by atoms with Crippen molar-refractivity contribution in [3.05, 3.63) is 64.8 Å². The van der Waals surface area contributed by atoms with Crippen LogP contribution in [0.3, 0.4) is 0 Å². The van der Waals surface area contributed by atoms with E-state index in [9.17, 15) is 14.4 Å². The van der Waals surface area contributed by atoms with Crippen LogP contribution in [0.25, 0.3) is 0 Å². The van der Waals surface area contributed by atoms with Crippen LogP contribution in [0.1, 0.15) is 0 Å². The highest BCUT2D eigenvalue weighted by molar-refractivity contribution is 9.10. The van der Waals surface area contributed by atoms with Gasteiger partial charge >= 0.3 is 6.03 Å². The molecular formula is C16H14BrFN4O4. The van der Waals surface area contributed by atoms with E-state index in [0.717, 1.165) is 5.06 Å². The van der Waals surface area contributed by atoms with Gasteiger partial charge in [0.1, 0.15) is 11.6 Å². The van der Waals surface area contributed by atoms with E-state index in [4.69, 9.17) is 9.68 Å². The number of rotatable bonds is 4. The summed E-state index contributed by atoms with van der Waals surface area (Å²) < 4.78 is 18.6. The van der Waals surface area contributed by atoms with E-state index in [1.165, 1.54) is 31.5 Å². The molecule has 0 spiro atoms. The molecule has 2 aromatic carbocycles. The third-order valence-corrected chi connectivity index (χ3v) is 3.95. The summed E-state index contributed by atoms with van der Waals surface area (Å²) in [4.78, 5) is 17.1. The number of carbonyl (C=O) groups is 1. The number of anilines is 2. The molecule has 1 aliphatic heterocycles. The third-order valence-electron chi connectivity index (χ3n) is 3.34. The quantitative estimate of drug-likeness (QED) is 0.695. The van der Waals surface area contributed by atoms with Crippen molar-refractivity contribution < 1.29 is 24.1 Å². The van der Waals surface area contributed by atoms with E-state index in [2.05, 4.69) is 26.6 Å². The monoisotopic (exact) mass is 424 g/mol. The summed E-state index contributed by atoms with van der Waals surface area (Å²) in [5.74, 6) is 0.114. The molecule has 2 aromatic rings. The molecule has 0 aliphatic carbocycles. The molecule has 0 radical (unpaired) electrons. The summed E-state index contributed by atoms with van der Waals surface area (Å²) >= 11 is 3.07. The van der Waals surface area contributed by atoms with Crippen molar-refractivity contribution >= 4 is 33.3 Å². The molecule has 0 aromatic heterocycles. The summed E-state index contributed by atoms with van der Waals surface area (Å²) in [7, 11) is 1.52. The maximum Gasteiger partial charge on any atom is 0.324 e. The Morgan fingerprint density at radius 3 is 2.81 bits per heavy atom. The van der Waals surface area contributed by atoms with Gasteiger partial charge in [0.15, 0.2) is 5.82 Å². The van der Waals surface area contributed by atoms with Crippen LogP contribution in [0.5, 0.6) is 5.75 Å². The van der Waals surface area contributed by atoms with E-state index >= 15 is 0 Å². The first kappa shape index (κ1) is 18.0. The minimum Gasteiger partial charge on any atom is -0.497 e.